The van der Waals surface area contributed by atoms with Crippen LogP contribution in [0.15, 0.2) is 0 Å². The molecular weight excluding hydrogens is 473 g/mol. The summed E-state index contributed by atoms with van der Waals surface area (Å²) in [5.41, 5.74) is -2.91. The molecule has 1 heterocycles. The Labute approximate surface area is 246 Å². The van der Waals surface area contributed by atoms with E-state index in [1.165, 1.54) is 0 Å². The molecule has 0 aliphatic carbocycles. The summed E-state index contributed by atoms with van der Waals surface area (Å²) in [6, 6.07) is 0. The Morgan fingerprint density at radius 1 is 0.903 bits per heavy atom. The summed E-state index contributed by atoms with van der Waals surface area (Å²) >= 11 is 0. The Kier molecular flexibility index (Phi) is 24.7. The second-order valence-electron chi connectivity index (χ2n) is 6.11. The first-order valence-electron chi connectivity index (χ1n) is 8.13. The van der Waals surface area contributed by atoms with Gasteiger partial charge in [-0.3, -0.25) is 14.6 Å². The molecule has 1 aliphatic heterocycles. The summed E-state index contributed by atoms with van der Waals surface area (Å²) in [7, 11) is -4.09. The molecule has 1 atom stereocenters. The van der Waals surface area contributed by atoms with Crippen LogP contribution >= 0.6 is 0 Å². The number of nitrogens with zero attached hydrogens (tertiary/aromatic N) is 2. The molecule has 1 saturated heterocycles. The number of piperazine rings is 1. The Balaban J connectivity index is -0.000000217. The molecule has 3 N–H and O–H groups in total. The topological polar surface area (TPSA) is 222 Å². The molecule has 0 bridgehead atoms. The van der Waals surface area contributed by atoms with Crippen molar-refractivity contribution in [3.05, 3.63) is 0 Å². The first kappa shape index (κ1) is 39.4. The average molecular weight is 496 g/mol. The smallest absolute Gasteiger partial charge is 0.748 e. The molecule has 0 amide bonds. The molecule has 31 heavy (non-hydrogen) atoms. The van der Waals surface area contributed by atoms with Gasteiger partial charge >= 0.3 is 94.6 Å². The van der Waals surface area contributed by atoms with Crippen LogP contribution in [0.4, 0.5) is 0 Å². The third-order valence-corrected chi connectivity index (χ3v) is 4.48. The molecule has 0 saturated carbocycles. The molecule has 0 spiro atoms. The van der Waals surface area contributed by atoms with Crippen molar-refractivity contribution in [3.63, 3.8) is 0 Å². The van der Waals surface area contributed by atoms with Crippen LogP contribution in [0.2, 0.25) is 0 Å². The van der Waals surface area contributed by atoms with E-state index in [-0.39, 0.29) is 101 Å². The molecule has 164 valence electrons. The fraction of sp³-hybridized carbons (Fsp3) is 0.786. The fourth-order valence-electron chi connectivity index (χ4n) is 2.31. The van der Waals surface area contributed by atoms with Crippen LogP contribution in [-0.4, -0.2) is 113 Å². The molecule has 17 heteroatoms. The summed E-state index contributed by atoms with van der Waals surface area (Å²) in [6.45, 7) is 4.28. The minimum Gasteiger partial charge on any atom is -0.748 e. The predicted octanol–water partition coefficient (Wildman–Crippen LogP) is -14.8. The van der Waals surface area contributed by atoms with Crippen molar-refractivity contribution in [2.45, 2.75) is 18.4 Å². The Bertz CT molecular complexity index is 627. The first-order chi connectivity index (χ1) is 12.8. The van der Waals surface area contributed by atoms with E-state index < -0.39 is 46.5 Å². The molecule has 0 aromatic heterocycles. The van der Waals surface area contributed by atoms with Crippen LogP contribution in [0.5, 0.6) is 0 Å². The van der Waals surface area contributed by atoms with Gasteiger partial charge in [0.15, 0.2) is 0 Å². The monoisotopic (exact) mass is 496 g/mol. The number of hydrogen-bond acceptors (Lipinski definition) is 12. The number of rotatable bonds is 10. The molecule has 1 rings (SSSR count). The minimum atomic E-state index is -4.09. The normalized spacial score (nSPS) is 16.1. The molecule has 0 aromatic rings. The van der Waals surface area contributed by atoms with Crippen LogP contribution in [0.1, 0.15) is 12.8 Å². The molecule has 1 fully saturated rings. The van der Waals surface area contributed by atoms with Crippen molar-refractivity contribution in [2.75, 3.05) is 51.6 Å². The van der Waals surface area contributed by atoms with Crippen LogP contribution in [0.3, 0.4) is 0 Å². The Morgan fingerprint density at radius 2 is 1.32 bits per heavy atom. The maximum Gasteiger partial charge on any atom is 1.00 e. The Hall–Kier alpha value is 1.16. The van der Waals surface area contributed by atoms with Crippen molar-refractivity contribution in [1.29, 1.82) is 0 Å². The third-order valence-electron chi connectivity index (χ3n) is 3.80. The van der Waals surface area contributed by atoms with Crippen molar-refractivity contribution >= 4 is 28.0 Å². The number of hydrogen-bond donors (Lipinski definition) is 3. The van der Waals surface area contributed by atoms with E-state index >= 15 is 0 Å². The molecule has 13 nitrogen and oxygen atoms in total. The number of carboxylic acid groups (broad SMARTS) is 3. The maximum atomic E-state index is 10.4. The maximum absolute atomic E-state index is 10.4. The first-order valence-corrected chi connectivity index (χ1v) is 9.71. The van der Waals surface area contributed by atoms with Gasteiger partial charge in [-0.2, -0.15) is 0 Å². The molecule has 0 radical (unpaired) electrons. The number of carbonyl (C=O) groups is 3. The number of aliphatic carboxylic acids is 3. The SMILES string of the molecule is O=C([O-])CC(O)(CC(=O)O)C(=O)[O-].O=S(=O)([O-])CCN1CCN(CCO)CC1.[Na+].[Na+].[Na+]. The van der Waals surface area contributed by atoms with Gasteiger partial charge < -0.3 is 39.7 Å². The standard InChI is InChI=1S/C8H18N2O4S.C6H8O7.3Na/c11-7-5-9-1-3-10(4-2-9)6-8-15(12,13)14;7-3(8)1-6(13,5(11)12)2-4(9)10;;;/h11H,1-8H2,(H,12,13,14);13H,1-2H2,(H,7,8)(H,9,10)(H,11,12);;;/q;;3*+1/p-3. The van der Waals surface area contributed by atoms with Crippen molar-refractivity contribution in [3.8, 4) is 0 Å². The van der Waals surface area contributed by atoms with Gasteiger partial charge in [0.2, 0.25) is 0 Å². The van der Waals surface area contributed by atoms with Gasteiger partial charge in [0, 0.05) is 51.7 Å². The van der Waals surface area contributed by atoms with Crippen molar-refractivity contribution in [1.82, 2.24) is 9.80 Å². The molecule has 1 unspecified atom stereocenters. The van der Waals surface area contributed by atoms with E-state index in [0.29, 0.717) is 13.1 Å². The number of carboxylic acids is 3. The summed E-state index contributed by atoms with van der Waals surface area (Å²) in [5, 5.41) is 46.0. The van der Waals surface area contributed by atoms with Gasteiger partial charge in [0.1, 0.15) is 5.60 Å². The van der Waals surface area contributed by atoms with Gasteiger partial charge in [-0.05, 0) is 0 Å². The summed E-state index contributed by atoms with van der Waals surface area (Å²) in [4.78, 5) is 34.2. The van der Waals surface area contributed by atoms with Crippen LogP contribution < -0.4 is 98.9 Å². The zero-order valence-corrected chi connectivity index (χ0v) is 24.8. The van der Waals surface area contributed by atoms with Gasteiger partial charge in [-0.1, -0.05) is 0 Å². The second-order valence-corrected chi connectivity index (χ2v) is 7.63. The molecular formula is C14H23N2Na3O11S. The molecule has 0 aromatic carbocycles. The third kappa shape index (κ3) is 20.3. The number of carbonyl (C=O) groups excluding carboxylic acids is 2. The van der Waals surface area contributed by atoms with E-state index in [0.717, 1.165) is 26.2 Å². The largest absolute Gasteiger partial charge is 1.00 e. The minimum absolute atomic E-state index is 0. The van der Waals surface area contributed by atoms with Crippen LogP contribution in [0.25, 0.3) is 0 Å². The summed E-state index contributed by atoms with van der Waals surface area (Å²) in [5.74, 6) is -5.98. The number of aliphatic hydroxyl groups is 2. The van der Waals surface area contributed by atoms with E-state index in [9.17, 15) is 37.6 Å². The van der Waals surface area contributed by atoms with Crippen molar-refractivity contribution in [2.24, 2.45) is 0 Å². The predicted molar refractivity (Wildman–Crippen MR) is 86.4 cm³/mol. The zero-order chi connectivity index (χ0) is 22.0. The summed E-state index contributed by atoms with van der Waals surface area (Å²) < 4.78 is 31.2. The van der Waals surface area contributed by atoms with E-state index in [2.05, 4.69) is 4.90 Å². The van der Waals surface area contributed by atoms with Crippen molar-refractivity contribution < 1.29 is 142 Å². The Morgan fingerprint density at radius 3 is 1.61 bits per heavy atom. The van der Waals surface area contributed by atoms with Gasteiger partial charge in [-0.25, -0.2) is 8.42 Å². The summed E-state index contributed by atoms with van der Waals surface area (Å²) in [6.07, 6.45) is -2.56. The van der Waals surface area contributed by atoms with Gasteiger partial charge in [0.25, 0.3) is 0 Å². The fourth-order valence-corrected chi connectivity index (χ4v) is 2.80. The van der Waals surface area contributed by atoms with Crippen LogP contribution in [0, 0.1) is 0 Å². The van der Waals surface area contributed by atoms with E-state index in [1.807, 2.05) is 4.90 Å². The van der Waals surface area contributed by atoms with E-state index in [4.69, 9.17) is 15.3 Å². The zero-order valence-electron chi connectivity index (χ0n) is 18.0. The molecule has 1 aliphatic rings. The number of aliphatic hydroxyl groups excluding tert-OH is 1. The van der Waals surface area contributed by atoms with Gasteiger partial charge in [0.05, 0.1) is 34.9 Å². The quantitative estimate of drug-likeness (QED) is 0.189. The van der Waals surface area contributed by atoms with Crippen LogP contribution in [-0.2, 0) is 24.5 Å². The average Bonchev–Trinajstić information content (AvgIpc) is 2.52. The van der Waals surface area contributed by atoms with Gasteiger partial charge in [-0.15, -0.1) is 0 Å². The number of β-amino-alcohol motifs (C(OH)–C–C–N with tert-alkyl or cyclic N) is 1. The second kappa shape index (κ2) is 19.5. The van der Waals surface area contributed by atoms with E-state index in [1.54, 1.807) is 0 Å².